The molecule has 1 aromatic rings. The van der Waals surface area contributed by atoms with Crippen LogP contribution >= 0.6 is 0 Å². The van der Waals surface area contributed by atoms with E-state index >= 15 is 0 Å². The molecular formula is C15H23N3O. The Bertz CT molecular complexity index is 455. The van der Waals surface area contributed by atoms with Crippen molar-refractivity contribution >= 4 is 17.3 Å². The molecule has 1 amide bonds. The molecule has 0 aliphatic heterocycles. The Balaban J connectivity index is 2.04. The number of nitrogens with one attached hydrogen (secondary N) is 2. The molecule has 1 unspecified atom stereocenters. The van der Waals surface area contributed by atoms with Crippen LogP contribution in [0.1, 0.15) is 43.5 Å². The summed E-state index contributed by atoms with van der Waals surface area (Å²) in [4.78, 5) is 11.7. The molecule has 1 aliphatic carbocycles. The van der Waals surface area contributed by atoms with Crippen molar-refractivity contribution in [2.24, 2.45) is 5.92 Å². The average Bonchev–Trinajstić information content (AvgIpc) is 2.29. The molecule has 1 fully saturated rings. The molecule has 1 atom stereocenters. The smallest absolute Gasteiger partial charge is 0.251 e. The second kappa shape index (κ2) is 5.95. The van der Waals surface area contributed by atoms with Crippen molar-refractivity contribution in [1.29, 1.82) is 0 Å². The predicted octanol–water partition coefficient (Wildman–Crippen LogP) is 2.62. The molecule has 4 nitrogen and oxygen atoms in total. The van der Waals surface area contributed by atoms with Crippen molar-refractivity contribution in [2.75, 3.05) is 17.6 Å². The molecule has 0 spiro atoms. The Labute approximate surface area is 114 Å². The fourth-order valence-corrected chi connectivity index (χ4v) is 2.40. The van der Waals surface area contributed by atoms with Crippen molar-refractivity contribution < 1.29 is 4.79 Å². The van der Waals surface area contributed by atoms with Crippen LogP contribution < -0.4 is 16.4 Å². The molecule has 0 heterocycles. The number of anilines is 2. The summed E-state index contributed by atoms with van der Waals surface area (Å²) in [6.07, 6.45) is 3.93. The zero-order chi connectivity index (χ0) is 13.8. The van der Waals surface area contributed by atoms with Gasteiger partial charge >= 0.3 is 0 Å². The first-order chi connectivity index (χ1) is 9.11. The predicted molar refractivity (Wildman–Crippen MR) is 79.3 cm³/mol. The summed E-state index contributed by atoms with van der Waals surface area (Å²) < 4.78 is 0. The third-order valence-corrected chi connectivity index (χ3v) is 3.89. The van der Waals surface area contributed by atoms with Gasteiger partial charge in [-0.25, -0.2) is 0 Å². The van der Waals surface area contributed by atoms with Crippen molar-refractivity contribution in [3.8, 4) is 0 Å². The summed E-state index contributed by atoms with van der Waals surface area (Å²) in [5.41, 5.74) is 8.19. The largest absolute Gasteiger partial charge is 0.397 e. The van der Waals surface area contributed by atoms with E-state index in [0.717, 1.165) is 11.6 Å². The van der Waals surface area contributed by atoms with E-state index in [-0.39, 0.29) is 5.91 Å². The Hall–Kier alpha value is -1.71. The average molecular weight is 261 g/mol. The number of amides is 1. The standard InChI is InChI=1S/C15H23N3O/c1-3-17-15(19)12-7-8-14(13(16)9-12)18-10(2)11-5-4-6-11/h7-11,18H,3-6,16H2,1-2H3,(H,17,19). The molecule has 1 aromatic carbocycles. The first-order valence-corrected chi connectivity index (χ1v) is 7.06. The summed E-state index contributed by atoms with van der Waals surface area (Å²) in [5, 5.41) is 6.22. The number of benzene rings is 1. The maximum atomic E-state index is 11.7. The Morgan fingerprint density at radius 2 is 2.21 bits per heavy atom. The molecule has 4 N–H and O–H groups in total. The van der Waals surface area contributed by atoms with E-state index in [1.54, 1.807) is 6.07 Å². The van der Waals surface area contributed by atoms with E-state index in [1.165, 1.54) is 19.3 Å². The minimum Gasteiger partial charge on any atom is -0.397 e. The van der Waals surface area contributed by atoms with Gasteiger partial charge in [-0.05, 0) is 50.8 Å². The summed E-state index contributed by atoms with van der Waals surface area (Å²) in [6, 6.07) is 5.89. The van der Waals surface area contributed by atoms with Crippen molar-refractivity contribution in [2.45, 2.75) is 39.2 Å². The highest BCUT2D eigenvalue weighted by molar-refractivity contribution is 5.96. The molecule has 2 rings (SSSR count). The second-order valence-corrected chi connectivity index (χ2v) is 5.29. The summed E-state index contributed by atoms with van der Waals surface area (Å²) in [5.74, 6) is 0.676. The summed E-state index contributed by atoms with van der Waals surface area (Å²) >= 11 is 0. The van der Waals surface area contributed by atoms with Crippen LogP contribution in [0.4, 0.5) is 11.4 Å². The Morgan fingerprint density at radius 3 is 2.74 bits per heavy atom. The quantitative estimate of drug-likeness (QED) is 0.714. The minimum atomic E-state index is -0.0761. The van der Waals surface area contributed by atoms with Gasteiger partial charge in [0.2, 0.25) is 0 Å². The summed E-state index contributed by atoms with van der Waals surface area (Å²) in [7, 11) is 0. The third-order valence-electron chi connectivity index (χ3n) is 3.89. The number of nitrogen functional groups attached to an aromatic ring is 1. The van der Waals surface area contributed by atoms with Crippen LogP contribution in [0.15, 0.2) is 18.2 Å². The van der Waals surface area contributed by atoms with Crippen LogP contribution in [-0.2, 0) is 0 Å². The van der Waals surface area contributed by atoms with Gasteiger partial charge in [-0.2, -0.15) is 0 Å². The first-order valence-electron chi connectivity index (χ1n) is 7.06. The molecule has 4 heteroatoms. The van der Waals surface area contributed by atoms with Gasteiger partial charge in [0.15, 0.2) is 0 Å². The van der Waals surface area contributed by atoms with Crippen LogP contribution in [0.2, 0.25) is 0 Å². The Kier molecular flexibility index (Phi) is 4.30. The molecule has 0 saturated heterocycles. The number of carbonyl (C=O) groups is 1. The van der Waals surface area contributed by atoms with Crippen molar-refractivity contribution in [3.05, 3.63) is 23.8 Å². The normalized spacial score (nSPS) is 16.5. The molecule has 0 aromatic heterocycles. The van der Waals surface area contributed by atoms with Gasteiger partial charge in [0.1, 0.15) is 0 Å². The zero-order valence-electron chi connectivity index (χ0n) is 11.7. The van der Waals surface area contributed by atoms with E-state index in [9.17, 15) is 4.79 Å². The fourth-order valence-electron chi connectivity index (χ4n) is 2.40. The van der Waals surface area contributed by atoms with Crippen LogP contribution in [0.3, 0.4) is 0 Å². The maximum Gasteiger partial charge on any atom is 0.251 e. The molecule has 0 bridgehead atoms. The second-order valence-electron chi connectivity index (χ2n) is 5.29. The van der Waals surface area contributed by atoms with E-state index < -0.39 is 0 Å². The van der Waals surface area contributed by atoms with E-state index in [2.05, 4.69) is 17.6 Å². The van der Waals surface area contributed by atoms with E-state index in [1.807, 2.05) is 19.1 Å². The van der Waals surface area contributed by atoms with Gasteiger partial charge in [-0.15, -0.1) is 0 Å². The Morgan fingerprint density at radius 1 is 1.47 bits per heavy atom. The third kappa shape index (κ3) is 3.19. The lowest BCUT2D eigenvalue weighted by atomic mass is 9.80. The lowest BCUT2D eigenvalue weighted by Gasteiger charge is -2.32. The van der Waals surface area contributed by atoms with Crippen LogP contribution in [0.5, 0.6) is 0 Å². The van der Waals surface area contributed by atoms with Gasteiger partial charge in [0.05, 0.1) is 11.4 Å². The number of hydrogen-bond donors (Lipinski definition) is 3. The van der Waals surface area contributed by atoms with Crippen LogP contribution in [-0.4, -0.2) is 18.5 Å². The molecule has 1 aliphatic rings. The molecule has 19 heavy (non-hydrogen) atoms. The summed E-state index contributed by atoms with van der Waals surface area (Å²) in [6.45, 7) is 4.72. The fraction of sp³-hybridized carbons (Fsp3) is 0.533. The number of carbonyl (C=O) groups excluding carboxylic acids is 1. The molecule has 1 saturated carbocycles. The highest BCUT2D eigenvalue weighted by Crippen LogP contribution is 2.32. The van der Waals surface area contributed by atoms with E-state index in [0.29, 0.717) is 23.8 Å². The van der Waals surface area contributed by atoms with Gasteiger partial charge in [0, 0.05) is 18.2 Å². The monoisotopic (exact) mass is 261 g/mol. The van der Waals surface area contributed by atoms with Crippen molar-refractivity contribution in [3.63, 3.8) is 0 Å². The van der Waals surface area contributed by atoms with Gasteiger partial charge in [-0.1, -0.05) is 6.42 Å². The van der Waals surface area contributed by atoms with Gasteiger partial charge in [-0.3, -0.25) is 4.79 Å². The highest BCUT2D eigenvalue weighted by atomic mass is 16.1. The molecule has 104 valence electrons. The van der Waals surface area contributed by atoms with Crippen LogP contribution in [0, 0.1) is 5.92 Å². The van der Waals surface area contributed by atoms with Gasteiger partial charge in [0.25, 0.3) is 5.91 Å². The topological polar surface area (TPSA) is 67.2 Å². The highest BCUT2D eigenvalue weighted by Gasteiger charge is 2.24. The lowest BCUT2D eigenvalue weighted by molar-refractivity contribution is 0.0956. The first kappa shape index (κ1) is 13.7. The number of hydrogen-bond acceptors (Lipinski definition) is 3. The molecular weight excluding hydrogens is 238 g/mol. The van der Waals surface area contributed by atoms with Crippen molar-refractivity contribution in [1.82, 2.24) is 5.32 Å². The molecule has 0 radical (unpaired) electrons. The minimum absolute atomic E-state index is 0.0761. The van der Waals surface area contributed by atoms with E-state index in [4.69, 9.17) is 5.73 Å². The number of rotatable bonds is 5. The maximum absolute atomic E-state index is 11.7. The SMILES string of the molecule is CCNC(=O)c1ccc(NC(C)C2CCC2)c(N)c1. The number of nitrogens with two attached hydrogens (primary N) is 1. The zero-order valence-corrected chi connectivity index (χ0v) is 11.7. The van der Waals surface area contributed by atoms with Gasteiger partial charge < -0.3 is 16.4 Å². The lowest BCUT2D eigenvalue weighted by Crippen LogP contribution is -2.31. The van der Waals surface area contributed by atoms with Crippen LogP contribution in [0.25, 0.3) is 0 Å².